The summed E-state index contributed by atoms with van der Waals surface area (Å²) in [6.45, 7) is 2.93. The van der Waals surface area contributed by atoms with Crippen molar-refractivity contribution in [3.8, 4) is 0 Å². The molecule has 4 N–H and O–H groups in total. The summed E-state index contributed by atoms with van der Waals surface area (Å²) in [5.74, 6) is 6.44. The Labute approximate surface area is 132 Å². The van der Waals surface area contributed by atoms with Crippen molar-refractivity contribution in [2.75, 3.05) is 31.1 Å². The molecule has 22 heavy (non-hydrogen) atoms. The Bertz CT molecular complexity index is 676. The molecule has 0 bridgehead atoms. The monoisotopic (exact) mass is 324 g/mol. The van der Waals surface area contributed by atoms with Gasteiger partial charge in [0.05, 0.1) is 12.0 Å². The first kappa shape index (κ1) is 16.7. The van der Waals surface area contributed by atoms with Gasteiger partial charge in [-0.3, -0.25) is 5.41 Å². The number of aromatic nitrogens is 3. The molecular weight excluding hydrogens is 300 g/mol. The summed E-state index contributed by atoms with van der Waals surface area (Å²) in [5.41, 5.74) is 4.41. The first-order valence-electron chi connectivity index (χ1n) is 6.95. The molecule has 0 saturated carbocycles. The highest BCUT2D eigenvalue weighted by Gasteiger charge is 2.15. The second-order valence-electron chi connectivity index (χ2n) is 6.02. The molecule has 0 saturated heterocycles. The van der Waals surface area contributed by atoms with Gasteiger partial charge in [-0.15, -0.1) is 0 Å². The van der Waals surface area contributed by atoms with Gasteiger partial charge in [0.1, 0.15) is 12.4 Å². The Morgan fingerprint density at radius 1 is 1.41 bits per heavy atom. The lowest BCUT2D eigenvalue weighted by atomic mass is 10.2. The van der Waals surface area contributed by atoms with E-state index in [9.17, 15) is 0 Å². The van der Waals surface area contributed by atoms with E-state index in [0.29, 0.717) is 24.7 Å². The van der Waals surface area contributed by atoms with E-state index in [-0.39, 0.29) is 5.84 Å². The molecule has 8 heteroatoms. The minimum Gasteiger partial charge on any atom is -0.358 e. The molecule has 2 rings (SSSR count). The number of fused-ring (bicyclic) bond motifs is 1. The van der Waals surface area contributed by atoms with Gasteiger partial charge in [0.25, 0.3) is 0 Å². The number of amidine groups is 1. The Morgan fingerprint density at radius 3 is 2.77 bits per heavy atom. The van der Waals surface area contributed by atoms with Crippen molar-refractivity contribution in [1.82, 2.24) is 20.2 Å². The van der Waals surface area contributed by atoms with Gasteiger partial charge < -0.3 is 10.2 Å². The lowest BCUT2D eigenvalue weighted by Gasteiger charge is -2.24. The van der Waals surface area contributed by atoms with Crippen LogP contribution in [0.2, 0.25) is 0 Å². The molecule has 2 aromatic heterocycles. The predicted octanol–water partition coefficient (Wildman–Crippen LogP) is 1.20. The topological polar surface area (TPSA) is 102 Å². The van der Waals surface area contributed by atoms with Crippen LogP contribution in [0.25, 0.3) is 11.0 Å². The molecule has 0 unspecified atom stereocenters. The van der Waals surface area contributed by atoms with Crippen LogP contribution >= 0.6 is 10.0 Å². The molecule has 0 aliphatic rings. The highest BCUT2D eigenvalue weighted by atomic mass is 32.3. The van der Waals surface area contributed by atoms with Crippen LogP contribution in [-0.2, 0) is 11.5 Å². The number of nitrogens with two attached hydrogens (primary N) is 1. The number of nitrogens with one attached hydrogen (secondary N) is 2. The summed E-state index contributed by atoms with van der Waals surface area (Å²) >= 11 is 0. The first-order valence-corrected chi connectivity index (χ1v) is 9.98. The van der Waals surface area contributed by atoms with Crippen LogP contribution in [0, 0.1) is 12.3 Å². The number of hydrogen-bond acceptors (Lipinski definition) is 5. The maximum absolute atomic E-state index is 7.85. The van der Waals surface area contributed by atoms with E-state index >= 15 is 0 Å². The first-order chi connectivity index (χ1) is 10.3. The number of ether oxygens (including phenoxy) is 1. The smallest absolute Gasteiger partial charge is 0.161 e. The fourth-order valence-electron chi connectivity index (χ4n) is 1.95. The quantitative estimate of drug-likeness (QED) is 0.244. The van der Waals surface area contributed by atoms with Crippen LogP contribution < -0.4 is 11.3 Å². The zero-order valence-corrected chi connectivity index (χ0v) is 14.3. The second kappa shape index (κ2) is 6.64. The van der Waals surface area contributed by atoms with E-state index in [1.165, 1.54) is 0 Å². The number of nitrogens with zero attached hydrogens (tertiary/aromatic N) is 3. The van der Waals surface area contributed by atoms with Crippen molar-refractivity contribution < 1.29 is 4.74 Å². The maximum atomic E-state index is 7.85. The molecule has 0 aromatic carbocycles. The SMILES string of the molecule is Cc1ccc2c(C(=N)NN)nn(COCCS(C)(C)C)c2n1. The van der Waals surface area contributed by atoms with Crippen LogP contribution in [0.3, 0.4) is 0 Å². The highest BCUT2D eigenvalue weighted by Crippen LogP contribution is 2.33. The average molecular weight is 324 g/mol. The molecule has 0 fully saturated rings. The van der Waals surface area contributed by atoms with Gasteiger partial charge in [0.15, 0.2) is 11.5 Å². The van der Waals surface area contributed by atoms with Gasteiger partial charge in [-0.1, -0.05) is 0 Å². The molecule has 0 radical (unpaired) electrons. The number of hydrogen-bond donors (Lipinski definition) is 3. The summed E-state index contributed by atoms with van der Waals surface area (Å²) in [5, 5.41) is 13.0. The highest BCUT2D eigenvalue weighted by molar-refractivity contribution is 8.32. The van der Waals surface area contributed by atoms with Crippen LogP contribution in [0.15, 0.2) is 12.1 Å². The summed E-state index contributed by atoms with van der Waals surface area (Å²) in [4.78, 5) is 4.50. The molecule has 122 valence electrons. The minimum atomic E-state index is -0.571. The van der Waals surface area contributed by atoms with Gasteiger partial charge in [-0.2, -0.15) is 5.10 Å². The van der Waals surface area contributed by atoms with Crippen molar-refractivity contribution in [2.45, 2.75) is 13.7 Å². The van der Waals surface area contributed by atoms with Gasteiger partial charge in [-0.05, 0) is 37.8 Å². The Hall–Kier alpha value is -1.64. The third-order valence-corrected chi connectivity index (χ3v) is 4.56. The van der Waals surface area contributed by atoms with E-state index in [2.05, 4.69) is 34.3 Å². The number of hydrazine groups is 1. The summed E-state index contributed by atoms with van der Waals surface area (Å²) in [7, 11) is -0.571. The van der Waals surface area contributed by atoms with E-state index in [0.717, 1.165) is 16.8 Å². The molecule has 0 atom stereocenters. The van der Waals surface area contributed by atoms with Gasteiger partial charge in [0.2, 0.25) is 0 Å². The summed E-state index contributed by atoms with van der Waals surface area (Å²) in [6.07, 6.45) is 6.78. The molecule has 0 amide bonds. The van der Waals surface area contributed by atoms with E-state index < -0.39 is 10.0 Å². The maximum Gasteiger partial charge on any atom is 0.161 e. The van der Waals surface area contributed by atoms with Crippen molar-refractivity contribution in [3.63, 3.8) is 0 Å². The Kier molecular flexibility index (Phi) is 5.05. The van der Waals surface area contributed by atoms with E-state index in [1.54, 1.807) is 4.68 Å². The molecule has 0 spiro atoms. The van der Waals surface area contributed by atoms with Gasteiger partial charge in [-0.25, -0.2) is 25.5 Å². The molecule has 0 aliphatic heterocycles. The van der Waals surface area contributed by atoms with Crippen molar-refractivity contribution >= 4 is 26.9 Å². The largest absolute Gasteiger partial charge is 0.358 e. The molecule has 2 heterocycles. The van der Waals surface area contributed by atoms with Crippen molar-refractivity contribution in [1.29, 1.82) is 5.41 Å². The number of rotatable bonds is 6. The zero-order valence-electron chi connectivity index (χ0n) is 13.5. The van der Waals surface area contributed by atoms with E-state index in [4.69, 9.17) is 16.0 Å². The summed E-state index contributed by atoms with van der Waals surface area (Å²) in [6, 6.07) is 3.80. The lowest BCUT2D eigenvalue weighted by molar-refractivity contribution is 0.0836. The van der Waals surface area contributed by atoms with Crippen LogP contribution in [0.1, 0.15) is 11.4 Å². The standard InChI is InChI=1S/C14H24N6OS/c1-10-5-6-11-12(13(15)18-16)19-20(14(11)17-10)9-21-7-8-22(2,3)4/h5-6H,7-9,16H2,1-4H3,(H2,15,18). The number of aryl methyl sites for hydroxylation is 1. The van der Waals surface area contributed by atoms with Gasteiger partial charge in [0, 0.05) is 11.4 Å². The Morgan fingerprint density at radius 2 is 2.14 bits per heavy atom. The fraction of sp³-hybridized carbons (Fsp3) is 0.500. The second-order valence-corrected chi connectivity index (χ2v) is 10.6. The average Bonchev–Trinajstić information content (AvgIpc) is 2.80. The molecular formula is C14H24N6OS. The molecule has 0 aliphatic carbocycles. The molecule has 2 aromatic rings. The predicted molar refractivity (Wildman–Crippen MR) is 92.6 cm³/mol. The third-order valence-electron chi connectivity index (χ3n) is 3.17. The summed E-state index contributed by atoms with van der Waals surface area (Å²) < 4.78 is 7.41. The third kappa shape index (κ3) is 3.96. The van der Waals surface area contributed by atoms with E-state index in [1.807, 2.05) is 19.1 Å². The number of pyridine rings is 1. The van der Waals surface area contributed by atoms with Crippen LogP contribution in [0.5, 0.6) is 0 Å². The Balaban J connectivity index is 2.21. The molecule has 7 nitrogen and oxygen atoms in total. The normalized spacial score (nSPS) is 12.6. The zero-order chi connectivity index (χ0) is 16.3. The van der Waals surface area contributed by atoms with Crippen molar-refractivity contribution in [3.05, 3.63) is 23.5 Å². The van der Waals surface area contributed by atoms with Crippen molar-refractivity contribution in [2.24, 2.45) is 5.84 Å². The fourth-order valence-corrected chi connectivity index (χ4v) is 2.57. The van der Waals surface area contributed by atoms with Crippen LogP contribution in [-0.4, -0.2) is 51.7 Å². The minimum absolute atomic E-state index is 0.0635. The van der Waals surface area contributed by atoms with Gasteiger partial charge >= 0.3 is 0 Å². The van der Waals surface area contributed by atoms with Crippen LogP contribution in [0.4, 0.5) is 0 Å². The lowest BCUT2D eigenvalue weighted by Crippen LogP contribution is -2.30.